The van der Waals surface area contributed by atoms with E-state index in [1.165, 1.54) is 18.3 Å². The van der Waals surface area contributed by atoms with Gasteiger partial charge in [-0.2, -0.15) is 0 Å². The fourth-order valence-electron chi connectivity index (χ4n) is 2.58. The van der Waals surface area contributed by atoms with E-state index < -0.39 is 5.97 Å². The Kier molecular flexibility index (Phi) is 4.83. The van der Waals surface area contributed by atoms with Crippen molar-refractivity contribution >= 4 is 11.9 Å². The maximum Gasteiger partial charge on any atom is 0.354 e. The van der Waals surface area contributed by atoms with Crippen LogP contribution in [0.2, 0.25) is 0 Å². The zero-order chi connectivity index (χ0) is 17.8. The average molecular weight is 342 g/mol. The topological polar surface area (TPSA) is 89.0 Å². The summed E-state index contributed by atoms with van der Waals surface area (Å²) in [5.41, 5.74) is 0.240. The van der Waals surface area contributed by atoms with Crippen molar-refractivity contribution in [2.75, 3.05) is 19.7 Å². The highest BCUT2D eigenvalue weighted by Gasteiger charge is 2.25. The van der Waals surface area contributed by atoms with Crippen LogP contribution in [0.25, 0.3) is 0 Å². The number of hydrogen-bond acceptors (Lipinski definition) is 5. The van der Waals surface area contributed by atoms with Crippen LogP contribution in [-0.2, 0) is 0 Å². The molecule has 7 nitrogen and oxygen atoms in total. The Balaban J connectivity index is 1.68. The van der Waals surface area contributed by atoms with Crippen LogP contribution in [0, 0.1) is 0 Å². The molecule has 1 aliphatic rings. The van der Waals surface area contributed by atoms with Crippen LogP contribution < -0.4 is 9.47 Å². The molecule has 1 atom stereocenters. The van der Waals surface area contributed by atoms with Crippen molar-refractivity contribution in [3.8, 4) is 11.5 Å². The van der Waals surface area contributed by atoms with E-state index in [1.54, 1.807) is 4.90 Å². The predicted molar refractivity (Wildman–Crippen MR) is 89.1 cm³/mol. The molecule has 0 saturated heterocycles. The molecule has 0 fully saturated rings. The molecule has 2 heterocycles. The zero-order valence-electron chi connectivity index (χ0n) is 13.7. The van der Waals surface area contributed by atoms with E-state index in [-0.39, 0.29) is 17.7 Å². The molecule has 1 aliphatic heterocycles. The average Bonchev–Trinajstić information content (AvgIpc) is 2.65. The van der Waals surface area contributed by atoms with E-state index in [2.05, 4.69) is 4.98 Å². The number of hydrogen-bond donors (Lipinski definition) is 1. The van der Waals surface area contributed by atoms with Crippen LogP contribution >= 0.6 is 0 Å². The number of ether oxygens (including phenoxy) is 2. The van der Waals surface area contributed by atoms with Crippen LogP contribution in [0.15, 0.2) is 42.6 Å². The van der Waals surface area contributed by atoms with E-state index in [9.17, 15) is 9.59 Å². The number of carboxylic acid groups (broad SMARTS) is 1. The van der Waals surface area contributed by atoms with E-state index in [0.717, 1.165) is 0 Å². The third-order valence-corrected chi connectivity index (χ3v) is 3.89. The van der Waals surface area contributed by atoms with Gasteiger partial charge in [-0.1, -0.05) is 12.1 Å². The Morgan fingerprint density at radius 1 is 1.24 bits per heavy atom. The lowest BCUT2D eigenvalue weighted by molar-refractivity contribution is 0.0474. The first kappa shape index (κ1) is 16.8. The molecular weight excluding hydrogens is 324 g/mol. The Bertz CT molecular complexity index is 775. The molecule has 0 spiro atoms. The zero-order valence-corrected chi connectivity index (χ0v) is 13.7. The first-order valence-electron chi connectivity index (χ1n) is 7.95. The van der Waals surface area contributed by atoms with Gasteiger partial charge in [-0.05, 0) is 31.2 Å². The van der Waals surface area contributed by atoms with Gasteiger partial charge in [0.1, 0.15) is 12.3 Å². The second kappa shape index (κ2) is 7.21. The number of amides is 1. The quantitative estimate of drug-likeness (QED) is 0.895. The number of carbonyl (C=O) groups is 2. The molecular formula is C18H18N2O5. The van der Waals surface area contributed by atoms with Crippen LogP contribution in [0.1, 0.15) is 27.8 Å². The lowest BCUT2D eigenvalue weighted by Gasteiger charge is -2.30. The normalized spacial score (nSPS) is 15.5. The van der Waals surface area contributed by atoms with E-state index >= 15 is 0 Å². The summed E-state index contributed by atoms with van der Waals surface area (Å²) < 4.78 is 11.6. The van der Waals surface area contributed by atoms with Crippen molar-refractivity contribution in [2.45, 2.75) is 13.0 Å². The van der Waals surface area contributed by atoms with Gasteiger partial charge in [0.05, 0.1) is 12.1 Å². The number of para-hydroxylation sites is 2. The summed E-state index contributed by atoms with van der Waals surface area (Å²) >= 11 is 0. The Morgan fingerprint density at radius 2 is 2.00 bits per heavy atom. The lowest BCUT2D eigenvalue weighted by atomic mass is 10.2. The molecule has 0 radical (unpaired) electrons. The summed E-state index contributed by atoms with van der Waals surface area (Å²) in [6.45, 7) is 3.08. The molecule has 0 saturated carbocycles. The first-order valence-corrected chi connectivity index (χ1v) is 7.95. The summed E-state index contributed by atoms with van der Waals surface area (Å²) in [4.78, 5) is 28.9. The Morgan fingerprint density at radius 3 is 2.64 bits per heavy atom. The van der Waals surface area contributed by atoms with Crippen molar-refractivity contribution < 1.29 is 24.2 Å². The van der Waals surface area contributed by atoms with Gasteiger partial charge in [0, 0.05) is 12.7 Å². The Labute approximate surface area is 144 Å². The van der Waals surface area contributed by atoms with E-state index in [0.29, 0.717) is 36.8 Å². The third-order valence-electron chi connectivity index (χ3n) is 3.89. The minimum absolute atomic E-state index is 0.0970. The van der Waals surface area contributed by atoms with Crippen molar-refractivity contribution in [1.82, 2.24) is 9.88 Å². The predicted octanol–water partition coefficient (Wildman–Crippen LogP) is 2.08. The number of pyridine rings is 1. The van der Waals surface area contributed by atoms with Gasteiger partial charge in [0.2, 0.25) is 0 Å². The minimum atomic E-state index is -1.13. The summed E-state index contributed by atoms with van der Waals surface area (Å²) in [5, 5.41) is 8.88. The van der Waals surface area contributed by atoms with E-state index in [1.807, 2.05) is 31.2 Å². The molecule has 1 N–H and O–H groups in total. The molecule has 3 rings (SSSR count). The molecule has 130 valence electrons. The summed E-state index contributed by atoms with van der Waals surface area (Å²) in [5.74, 6) is 0.00322. The smallest absolute Gasteiger partial charge is 0.354 e. The standard InChI is InChI=1S/C18H18N2O5/c1-2-20(17(21)12-7-8-14(18(22)23)19-9-12)10-13-11-24-15-5-3-4-6-16(15)25-13/h3-9,13H,2,10-11H2,1H3,(H,22,23). The minimum Gasteiger partial charge on any atom is -0.486 e. The molecule has 2 aromatic rings. The second-order valence-corrected chi connectivity index (χ2v) is 5.58. The highest BCUT2D eigenvalue weighted by Crippen LogP contribution is 2.31. The van der Waals surface area contributed by atoms with Crippen molar-refractivity contribution in [2.24, 2.45) is 0 Å². The second-order valence-electron chi connectivity index (χ2n) is 5.58. The number of carboxylic acids is 1. The maximum atomic E-state index is 12.6. The largest absolute Gasteiger partial charge is 0.486 e. The molecule has 1 unspecified atom stereocenters. The highest BCUT2D eigenvalue weighted by molar-refractivity contribution is 5.94. The SMILES string of the molecule is CCN(CC1COc2ccccc2O1)C(=O)c1ccc(C(=O)O)nc1. The maximum absolute atomic E-state index is 12.6. The highest BCUT2D eigenvalue weighted by atomic mass is 16.6. The van der Waals surface area contributed by atoms with Gasteiger partial charge < -0.3 is 19.5 Å². The molecule has 0 bridgehead atoms. The molecule has 1 aromatic heterocycles. The van der Waals surface area contributed by atoms with Crippen LogP contribution in [0.5, 0.6) is 11.5 Å². The van der Waals surface area contributed by atoms with E-state index in [4.69, 9.17) is 14.6 Å². The molecule has 0 aliphatic carbocycles. The lowest BCUT2D eigenvalue weighted by Crippen LogP contribution is -2.43. The number of rotatable bonds is 5. The fourth-order valence-corrected chi connectivity index (χ4v) is 2.58. The van der Waals surface area contributed by atoms with Gasteiger partial charge in [-0.25, -0.2) is 9.78 Å². The number of benzene rings is 1. The number of fused-ring (bicyclic) bond motifs is 1. The number of nitrogens with zero attached hydrogens (tertiary/aromatic N) is 2. The summed E-state index contributed by atoms with van der Waals surface area (Å²) in [6.07, 6.45) is 1.01. The van der Waals surface area contributed by atoms with Crippen molar-refractivity contribution in [1.29, 1.82) is 0 Å². The fraction of sp³-hybridized carbons (Fsp3) is 0.278. The van der Waals surface area contributed by atoms with Crippen LogP contribution in [-0.4, -0.2) is 52.7 Å². The van der Waals surface area contributed by atoms with Gasteiger partial charge in [0.25, 0.3) is 5.91 Å². The number of likely N-dealkylation sites (N-methyl/N-ethyl adjacent to an activating group) is 1. The first-order chi connectivity index (χ1) is 12.1. The van der Waals surface area contributed by atoms with Crippen LogP contribution in [0.3, 0.4) is 0 Å². The molecule has 25 heavy (non-hydrogen) atoms. The van der Waals surface area contributed by atoms with Gasteiger partial charge in [-0.15, -0.1) is 0 Å². The van der Waals surface area contributed by atoms with Gasteiger partial charge in [-0.3, -0.25) is 4.79 Å². The van der Waals surface area contributed by atoms with Gasteiger partial charge >= 0.3 is 5.97 Å². The summed E-state index contributed by atoms with van der Waals surface area (Å²) in [7, 11) is 0. The van der Waals surface area contributed by atoms with Crippen molar-refractivity contribution in [3.05, 3.63) is 53.9 Å². The molecule has 1 amide bonds. The third kappa shape index (κ3) is 3.71. The van der Waals surface area contributed by atoms with Crippen molar-refractivity contribution in [3.63, 3.8) is 0 Å². The Hall–Kier alpha value is -3.09. The number of carbonyl (C=O) groups excluding carboxylic acids is 1. The van der Waals surface area contributed by atoms with Gasteiger partial charge in [0.15, 0.2) is 17.6 Å². The van der Waals surface area contributed by atoms with Crippen LogP contribution in [0.4, 0.5) is 0 Å². The number of aromatic carboxylic acids is 1. The number of aromatic nitrogens is 1. The summed E-state index contributed by atoms with van der Waals surface area (Å²) in [6, 6.07) is 10.2. The molecule has 7 heteroatoms. The molecule has 1 aromatic carbocycles. The monoisotopic (exact) mass is 342 g/mol.